The van der Waals surface area contributed by atoms with Gasteiger partial charge in [-0.3, -0.25) is 4.79 Å². The topological polar surface area (TPSA) is 104 Å². The van der Waals surface area contributed by atoms with Crippen molar-refractivity contribution in [1.82, 2.24) is 5.32 Å². The summed E-state index contributed by atoms with van der Waals surface area (Å²) in [5, 5.41) is 15.8. The number of nitrogens with zero attached hydrogens (tertiary/aromatic N) is 1. The van der Waals surface area contributed by atoms with Crippen molar-refractivity contribution < 1.29 is 18.7 Å². The molecule has 33 heavy (non-hydrogen) atoms. The Balaban J connectivity index is 1.31. The number of carbonyl (C=O) groups excluding carboxylic acids is 2. The zero-order valence-electron chi connectivity index (χ0n) is 17.9. The Hall–Kier alpha value is -3.83. The van der Waals surface area contributed by atoms with E-state index in [1.807, 2.05) is 30.3 Å². The minimum Gasteiger partial charge on any atom is -0.465 e. The second-order valence-electron chi connectivity index (χ2n) is 7.70. The van der Waals surface area contributed by atoms with Crippen LogP contribution in [0, 0.1) is 17.2 Å². The third-order valence-electron chi connectivity index (χ3n) is 5.39. The van der Waals surface area contributed by atoms with Gasteiger partial charge < -0.3 is 19.8 Å². The molecule has 0 radical (unpaired) electrons. The summed E-state index contributed by atoms with van der Waals surface area (Å²) in [7, 11) is 0. The first-order valence-electron chi connectivity index (χ1n) is 10.6. The number of anilines is 1. The van der Waals surface area contributed by atoms with Crippen molar-refractivity contribution in [1.29, 1.82) is 5.26 Å². The van der Waals surface area contributed by atoms with E-state index in [0.717, 1.165) is 22.4 Å². The van der Waals surface area contributed by atoms with Gasteiger partial charge in [-0.1, -0.05) is 30.3 Å². The molecular formula is C25H23N3O4S. The predicted molar refractivity (Wildman–Crippen MR) is 126 cm³/mol. The lowest BCUT2D eigenvalue weighted by molar-refractivity contribution is -0.111. The number of carbonyl (C=O) groups is 2. The van der Waals surface area contributed by atoms with Gasteiger partial charge in [0.25, 0.3) is 0 Å². The molecule has 2 heterocycles. The van der Waals surface area contributed by atoms with E-state index in [1.54, 1.807) is 18.2 Å². The summed E-state index contributed by atoms with van der Waals surface area (Å²) in [6.07, 6.45) is 6.28. The van der Waals surface area contributed by atoms with E-state index < -0.39 is 6.09 Å². The lowest BCUT2D eigenvalue weighted by Crippen LogP contribution is -2.27. The molecule has 0 saturated carbocycles. The van der Waals surface area contributed by atoms with Crippen LogP contribution < -0.4 is 10.6 Å². The highest BCUT2D eigenvalue weighted by Gasteiger charge is 2.27. The molecule has 1 aliphatic rings. The van der Waals surface area contributed by atoms with E-state index >= 15 is 0 Å². The third kappa shape index (κ3) is 5.90. The molecule has 0 aliphatic heterocycles. The van der Waals surface area contributed by atoms with E-state index in [1.165, 1.54) is 23.7 Å². The number of furan rings is 1. The third-order valence-corrected chi connectivity index (χ3v) is 6.56. The Labute approximate surface area is 195 Å². The summed E-state index contributed by atoms with van der Waals surface area (Å²) < 4.78 is 10.6. The number of fused-ring (bicyclic) bond motifs is 1. The van der Waals surface area contributed by atoms with E-state index in [9.17, 15) is 14.9 Å². The van der Waals surface area contributed by atoms with Crippen LogP contribution in [0.2, 0.25) is 0 Å². The van der Waals surface area contributed by atoms with E-state index in [4.69, 9.17) is 9.15 Å². The number of rotatable bonds is 7. The monoisotopic (exact) mass is 461 g/mol. The minimum absolute atomic E-state index is 0.174. The van der Waals surface area contributed by atoms with Gasteiger partial charge in [0.1, 0.15) is 16.8 Å². The number of amides is 2. The van der Waals surface area contributed by atoms with Crippen LogP contribution in [0.15, 0.2) is 59.2 Å². The molecule has 2 aromatic heterocycles. The SMILES string of the molecule is N#Cc1c(NC(=O)/C=C/c2ccco2)sc2c1CCC(COC(=O)NCc1ccccc1)C2. The number of ether oxygens (including phenoxy) is 1. The number of hydrogen-bond acceptors (Lipinski definition) is 6. The van der Waals surface area contributed by atoms with Crippen molar-refractivity contribution in [3.05, 3.63) is 82.1 Å². The molecule has 0 fully saturated rings. The molecule has 1 aliphatic carbocycles. The number of alkyl carbamates (subject to hydrolysis) is 1. The zero-order valence-corrected chi connectivity index (χ0v) is 18.7. The Kier molecular flexibility index (Phi) is 7.22. The number of benzene rings is 1. The van der Waals surface area contributed by atoms with Gasteiger partial charge in [-0.25, -0.2) is 4.79 Å². The second kappa shape index (κ2) is 10.7. The summed E-state index contributed by atoms with van der Waals surface area (Å²) >= 11 is 1.42. The molecule has 3 aromatic rings. The highest BCUT2D eigenvalue weighted by atomic mass is 32.1. The van der Waals surface area contributed by atoms with Gasteiger partial charge in [-0.15, -0.1) is 11.3 Å². The van der Waals surface area contributed by atoms with Crippen LogP contribution in [-0.2, 0) is 28.9 Å². The minimum atomic E-state index is -0.440. The van der Waals surface area contributed by atoms with Gasteiger partial charge in [0, 0.05) is 17.5 Å². The van der Waals surface area contributed by atoms with Crippen molar-refractivity contribution in [2.24, 2.45) is 5.92 Å². The molecular weight excluding hydrogens is 438 g/mol. The van der Waals surface area contributed by atoms with Crippen LogP contribution in [0.1, 0.15) is 33.7 Å². The smallest absolute Gasteiger partial charge is 0.407 e. The number of nitriles is 1. The van der Waals surface area contributed by atoms with Crippen molar-refractivity contribution >= 4 is 34.4 Å². The lowest BCUT2D eigenvalue weighted by Gasteiger charge is -2.21. The van der Waals surface area contributed by atoms with E-state index in [2.05, 4.69) is 16.7 Å². The summed E-state index contributed by atoms with van der Waals surface area (Å²) in [4.78, 5) is 25.4. The van der Waals surface area contributed by atoms with Gasteiger partial charge in [-0.05, 0) is 54.5 Å². The average Bonchev–Trinajstić information content (AvgIpc) is 3.47. The highest BCUT2D eigenvalue weighted by Crippen LogP contribution is 2.39. The molecule has 0 bridgehead atoms. The first-order valence-corrected chi connectivity index (χ1v) is 11.5. The van der Waals surface area contributed by atoms with Gasteiger partial charge in [0.2, 0.25) is 5.91 Å². The molecule has 1 aromatic carbocycles. The maximum atomic E-state index is 12.3. The molecule has 2 amide bonds. The fourth-order valence-electron chi connectivity index (χ4n) is 3.71. The van der Waals surface area contributed by atoms with Gasteiger partial charge in [-0.2, -0.15) is 5.26 Å². The fraction of sp³-hybridized carbons (Fsp3) is 0.240. The normalized spacial score (nSPS) is 14.9. The number of thiophene rings is 1. The predicted octanol–water partition coefficient (Wildman–Crippen LogP) is 4.90. The second-order valence-corrected chi connectivity index (χ2v) is 8.81. The van der Waals surface area contributed by atoms with Crippen molar-refractivity contribution in [3.63, 3.8) is 0 Å². The van der Waals surface area contributed by atoms with Crippen LogP contribution in [0.5, 0.6) is 0 Å². The summed E-state index contributed by atoms with van der Waals surface area (Å²) in [6, 6.07) is 15.4. The Morgan fingerprint density at radius 1 is 1.24 bits per heavy atom. The molecule has 1 unspecified atom stereocenters. The zero-order chi connectivity index (χ0) is 23.0. The van der Waals surface area contributed by atoms with Crippen molar-refractivity contribution in [2.45, 2.75) is 25.8 Å². The largest absolute Gasteiger partial charge is 0.465 e. The molecule has 4 rings (SSSR count). The maximum Gasteiger partial charge on any atom is 0.407 e. The van der Waals surface area contributed by atoms with Crippen LogP contribution >= 0.6 is 11.3 Å². The summed E-state index contributed by atoms with van der Waals surface area (Å²) in [6.45, 7) is 0.732. The standard InChI is InChI=1S/C25H23N3O4S/c26-14-21-20-10-8-18(16-32-25(30)27-15-17-5-2-1-3-6-17)13-22(20)33-24(21)28-23(29)11-9-19-7-4-12-31-19/h1-7,9,11-12,18H,8,10,13,15-16H2,(H,27,30)(H,28,29)/b11-9+. The molecule has 168 valence electrons. The number of hydrogen-bond donors (Lipinski definition) is 2. The molecule has 1 atom stereocenters. The molecule has 0 spiro atoms. The van der Waals surface area contributed by atoms with Crippen molar-refractivity contribution in [3.8, 4) is 6.07 Å². The van der Waals surface area contributed by atoms with Gasteiger partial charge in [0.05, 0.1) is 18.4 Å². The Morgan fingerprint density at radius 3 is 2.85 bits per heavy atom. The number of nitrogens with one attached hydrogen (secondary N) is 2. The van der Waals surface area contributed by atoms with Crippen LogP contribution in [0.4, 0.5) is 9.80 Å². The van der Waals surface area contributed by atoms with Crippen LogP contribution in [0.3, 0.4) is 0 Å². The quantitative estimate of drug-likeness (QED) is 0.487. The van der Waals surface area contributed by atoms with E-state index in [0.29, 0.717) is 42.3 Å². The van der Waals surface area contributed by atoms with Crippen LogP contribution in [-0.4, -0.2) is 18.6 Å². The summed E-state index contributed by atoms with van der Waals surface area (Å²) in [5.41, 5.74) is 2.51. The van der Waals surface area contributed by atoms with E-state index in [-0.39, 0.29) is 11.8 Å². The molecule has 8 heteroatoms. The van der Waals surface area contributed by atoms with Gasteiger partial charge in [0.15, 0.2) is 0 Å². The van der Waals surface area contributed by atoms with Crippen molar-refractivity contribution in [2.75, 3.05) is 11.9 Å². The fourth-order valence-corrected chi connectivity index (χ4v) is 5.03. The first kappa shape index (κ1) is 22.4. The molecule has 0 saturated heterocycles. The van der Waals surface area contributed by atoms with Gasteiger partial charge >= 0.3 is 6.09 Å². The average molecular weight is 462 g/mol. The Bertz CT molecular complexity index is 1180. The molecule has 2 N–H and O–H groups in total. The lowest BCUT2D eigenvalue weighted by atomic mass is 9.88. The maximum absolute atomic E-state index is 12.3. The Morgan fingerprint density at radius 2 is 2.09 bits per heavy atom. The highest BCUT2D eigenvalue weighted by molar-refractivity contribution is 7.16. The molecule has 7 nitrogen and oxygen atoms in total. The first-order chi connectivity index (χ1) is 16.1. The summed E-state index contributed by atoms with van der Waals surface area (Å²) in [5.74, 6) is 0.427. The van der Waals surface area contributed by atoms with Crippen LogP contribution in [0.25, 0.3) is 6.08 Å².